The van der Waals surface area contributed by atoms with Gasteiger partial charge in [0.15, 0.2) is 5.82 Å². The standard InChI is InChI=1S/C15H10N6/c1-6-16-7-2-11(1)13-5-10-18-15-19-14(20-21(13)15)12-3-8-17-9-4-12/h1-10H. The van der Waals surface area contributed by atoms with Crippen molar-refractivity contribution in [3.8, 4) is 22.6 Å². The van der Waals surface area contributed by atoms with Crippen LogP contribution in [0.1, 0.15) is 0 Å². The molecule has 4 heterocycles. The molecule has 0 aliphatic rings. The monoisotopic (exact) mass is 274 g/mol. The third-order valence-corrected chi connectivity index (χ3v) is 3.16. The van der Waals surface area contributed by atoms with Gasteiger partial charge in [0.1, 0.15) is 0 Å². The fourth-order valence-electron chi connectivity index (χ4n) is 2.16. The normalized spacial score (nSPS) is 10.9. The first kappa shape index (κ1) is 11.7. The number of fused-ring (bicyclic) bond motifs is 1. The van der Waals surface area contributed by atoms with Gasteiger partial charge in [0, 0.05) is 42.1 Å². The van der Waals surface area contributed by atoms with E-state index in [-0.39, 0.29) is 0 Å². The van der Waals surface area contributed by atoms with Crippen molar-refractivity contribution in [1.29, 1.82) is 0 Å². The van der Waals surface area contributed by atoms with Crippen LogP contribution in [0.3, 0.4) is 0 Å². The van der Waals surface area contributed by atoms with Crippen LogP contribution in [0.15, 0.2) is 61.3 Å². The Morgan fingerprint density at radius 3 is 2.10 bits per heavy atom. The van der Waals surface area contributed by atoms with Crippen LogP contribution >= 0.6 is 0 Å². The molecule has 0 unspecified atom stereocenters. The van der Waals surface area contributed by atoms with Crippen LogP contribution in [0, 0.1) is 0 Å². The Bertz CT molecular complexity index is 886. The molecule has 0 aliphatic heterocycles. The Balaban J connectivity index is 1.93. The fraction of sp³-hybridized carbons (Fsp3) is 0. The highest BCUT2D eigenvalue weighted by Gasteiger charge is 2.10. The van der Waals surface area contributed by atoms with Crippen LogP contribution in [0.2, 0.25) is 0 Å². The summed E-state index contributed by atoms with van der Waals surface area (Å²) in [4.78, 5) is 16.8. The lowest BCUT2D eigenvalue weighted by atomic mass is 10.2. The second-order valence-electron chi connectivity index (χ2n) is 4.45. The number of hydrogen-bond acceptors (Lipinski definition) is 5. The summed E-state index contributed by atoms with van der Waals surface area (Å²) in [6, 6.07) is 9.53. The summed E-state index contributed by atoms with van der Waals surface area (Å²) in [7, 11) is 0. The van der Waals surface area contributed by atoms with E-state index in [1.54, 1.807) is 35.5 Å². The zero-order valence-corrected chi connectivity index (χ0v) is 11.0. The molecule has 4 aromatic rings. The number of nitrogens with zero attached hydrogens (tertiary/aromatic N) is 6. The van der Waals surface area contributed by atoms with Crippen molar-refractivity contribution >= 4 is 5.78 Å². The van der Waals surface area contributed by atoms with Crippen molar-refractivity contribution in [2.24, 2.45) is 0 Å². The molecular formula is C15H10N6. The lowest BCUT2D eigenvalue weighted by molar-refractivity contribution is 0.950. The highest BCUT2D eigenvalue weighted by Crippen LogP contribution is 2.20. The van der Waals surface area contributed by atoms with Crippen molar-refractivity contribution in [1.82, 2.24) is 29.5 Å². The third-order valence-electron chi connectivity index (χ3n) is 3.16. The van der Waals surface area contributed by atoms with Gasteiger partial charge in [-0.3, -0.25) is 9.97 Å². The van der Waals surface area contributed by atoms with Gasteiger partial charge in [0.2, 0.25) is 0 Å². The van der Waals surface area contributed by atoms with Gasteiger partial charge in [-0.25, -0.2) is 4.98 Å². The highest BCUT2D eigenvalue weighted by molar-refractivity contribution is 5.63. The number of pyridine rings is 2. The second kappa shape index (κ2) is 4.75. The molecule has 100 valence electrons. The molecule has 0 saturated heterocycles. The predicted molar refractivity (Wildman–Crippen MR) is 77.2 cm³/mol. The molecular weight excluding hydrogens is 264 g/mol. The summed E-state index contributed by atoms with van der Waals surface area (Å²) in [5, 5.41) is 4.55. The van der Waals surface area contributed by atoms with E-state index in [9.17, 15) is 0 Å². The van der Waals surface area contributed by atoms with E-state index in [4.69, 9.17) is 0 Å². The van der Waals surface area contributed by atoms with Crippen LogP contribution in [-0.2, 0) is 0 Å². The summed E-state index contributed by atoms with van der Waals surface area (Å²) in [6.07, 6.45) is 8.68. The Hall–Kier alpha value is -3.15. The third kappa shape index (κ3) is 2.02. The molecule has 0 spiro atoms. The molecule has 4 rings (SSSR count). The van der Waals surface area contributed by atoms with Gasteiger partial charge in [0.25, 0.3) is 5.78 Å². The predicted octanol–water partition coefficient (Wildman–Crippen LogP) is 2.25. The van der Waals surface area contributed by atoms with Crippen LogP contribution in [0.5, 0.6) is 0 Å². The maximum absolute atomic E-state index is 4.55. The second-order valence-corrected chi connectivity index (χ2v) is 4.45. The molecule has 0 aliphatic carbocycles. The van der Waals surface area contributed by atoms with Crippen LogP contribution in [0.25, 0.3) is 28.4 Å². The van der Waals surface area contributed by atoms with Crippen molar-refractivity contribution in [2.75, 3.05) is 0 Å². The van der Waals surface area contributed by atoms with E-state index in [0.29, 0.717) is 11.6 Å². The molecule has 0 saturated carbocycles. The van der Waals surface area contributed by atoms with Gasteiger partial charge in [-0.1, -0.05) is 0 Å². The lowest BCUT2D eigenvalue weighted by Crippen LogP contribution is -1.95. The Kier molecular flexibility index (Phi) is 2.64. The van der Waals surface area contributed by atoms with Gasteiger partial charge in [-0.2, -0.15) is 9.50 Å². The topological polar surface area (TPSA) is 68.9 Å². The molecule has 4 aromatic heterocycles. The van der Waals surface area contributed by atoms with Crippen molar-refractivity contribution in [3.63, 3.8) is 0 Å². The SMILES string of the molecule is c1cc(-c2nc3nccc(-c4ccncc4)n3n2)ccn1. The van der Waals surface area contributed by atoms with Crippen molar-refractivity contribution in [2.45, 2.75) is 0 Å². The minimum atomic E-state index is 0.566. The number of hydrogen-bond donors (Lipinski definition) is 0. The quantitative estimate of drug-likeness (QED) is 0.560. The molecule has 0 aromatic carbocycles. The van der Waals surface area contributed by atoms with Crippen LogP contribution < -0.4 is 0 Å². The average molecular weight is 274 g/mol. The Morgan fingerprint density at radius 2 is 1.38 bits per heavy atom. The van der Waals surface area contributed by atoms with E-state index in [1.807, 2.05) is 30.3 Å². The van der Waals surface area contributed by atoms with E-state index in [0.717, 1.165) is 16.8 Å². The van der Waals surface area contributed by atoms with Gasteiger partial charge in [-0.15, -0.1) is 5.10 Å². The molecule has 6 nitrogen and oxygen atoms in total. The zero-order valence-electron chi connectivity index (χ0n) is 11.0. The van der Waals surface area contributed by atoms with Crippen molar-refractivity contribution in [3.05, 3.63) is 61.3 Å². The summed E-state index contributed by atoms with van der Waals surface area (Å²) < 4.78 is 1.74. The maximum Gasteiger partial charge on any atom is 0.253 e. The number of rotatable bonds is 2. The van der Waals surface area contributed by atoms with E-state index in [2.05, 4.69) is 25.0 Å². The zero-order chi connectivity index (χ0) is 14.1. The summed E-state index contributed by atoms with van der Waals surface area (Å²) in [6.45, 7) is 0. The summed E-state index contributed by atoms with van der Waals surface area (Å²) in [5.74, 6) is 1.20. The minimum Gasteiger partial charge on any atom is -0.265 e. The van der Waals surface area contributed by atoms with E-state index >= 15 is 0 Å². The highest BCUT2D eigenvalue weighted by atomic mass is 15.3. The largest absolute Gasteiger partial charge is 0.265 e. The average Bonchev–Trinajstić information content (AvgIpc) is 3.00. The van der Waals surface area contributed by atoms with E-state index < -0.39 is 0 Å². The first-order valence-corrected chi connectivity index (χ1v) is 6.44. The van der Waals surface area contributed by atoms with Gasteiger partial charge in [-0.05, 0) is 30.3 Å². The Labute approximate surface area is 120 Å². The summed E-state index contributed by atoms with van der Waals surface area (Å²) >= 11 is 0. The number of aromatic nitrogens is 6. The summed E-state index contributed by atoms with van der Waals surface area (Å²) in [5.41, 5.74) is 2.86. The maximum atomic E-state index is 4.55. The molecule has 6 heteroatoms. The molecule has 0 amide bonds. The molecule has 0 radical (unpaired) electrons. The molecule has 0 bridgehead atoms. The minimum absolute atomic E-state index is 0.566. The molecule has 0 N–H and O–H groups in total. The van der Waals surface area contributed by atoms with Crippen molar-refractivity contribution < 1.29 is 0 Å². The molecule has 0 fully saturated rings. The van der Waals surface area contributed by atoms with Crippen LogP contribution in [-0.4, -0.2) is 29.5 Å². The molecule has 0 atom stereocenters. The van der Waals surface area contributed by atoms with Gasteiger partial charge in [0.05, 0.1) is 5.69 Å². The van der Waals surface area contributed by atoms with E-state index in [1.165, 1.54) is 0 Å². The Morgan fingerprint density at radius 1 is 0.714 bits per heavy atom. The first-order chi connectivity index (χ1) is 10.4. The fourth-order valence-corrected chi connectivity index (χ4v) is 2.16. The van der Waals surface area contributed by atoms with Gasteiger partial charge < -0.3 is 0 Å². The first-order valence-electron chi connectivity index (χ1n) is 6.44. The van der Waals surface area contributed by atoms with Gasteiger partial charge >= 0.3 is 0 Å². The lowest BCUT2D eigenvalue weighted by Gasteiger charge is -2.02. The molecule has 21 heavy (non-hydrogen) atoms. The van der Waals surface area contributed by atoms with Crippen LogP contribution in [0.4, 0.5) is 0 Å². The smallest absolute Gasteiger partial charge is 0.253 e.